The zero-order valence-corrected chi connectivity index (χ0v) is 8.61. The number of methoxy groups -OCH3 is 1. The molecule has 0 aliphatic carbocycles. The largest absolute Gasteiger partial charge is 0.497 e. The van der Waals surface area contributed by atoms with Gasteiger partial charge < -0.3 is 4.74 Å². The van der Waals surface area contributed by atoms with Gasteiger partial charge in [-0.15, -0.1) is 0 Å². The maximum atomic E-state index is 8.42. The summed E-state index contributed by atoms with van der Waals surface area (Å²) in [5.74, 6) is 0.490. The Balaban J connectivity index is 4.73. The van der Waals surface area contributed by atoms with Gasteiger partial charge >= 0.3 is 0 Å². The van der Waals surface area contributed by atoms with Gasteiger partial charge in [-0.25, -0.2) is 0 Å². The summed E-state index contributed by atoms with van der Waals surface area (Å²) in [6.07, 6.45) is 0.215. The zero-order chi connectivity index (χ0) is 10.4. The number of hydrogen-bond donors (Lipinski definition) is 0. The molecule has 0 saturated carbocycles. The fraction of sp³-hybridized carbons (Fsp3) is 0.300. The predicted octanol–water partition coefficient (Wildman–Crippen LogP) is 3.13. The normalized spacial score (nSPS) is 11.2. The van der Waals surface area contributed by atoms with Crippen molar-refractivity contribution < 1.29 is 4.74 Å². The zero-order valence-electron chi connectivity index (χ0n) is 7.85. The highest BCUT2D eigenvalue weighted by atomic mass is 35.5. The smallest absolute Gasteiger partial charge is 0.116 e. The van der Waals surface area contributed by atoms with Gasteiger partial charge in [0.2, 0.25) is 0 Å². The van der Waals surface area contributed by atoms with E-state index in [-0.39, 0.29) is 6.42 Å². The van der Waals surface area contributed by atoms with Crippen molar-refractivity contribution in [3.63, 3.8) is 0 Å². The van der Waals surface area contributed by atoms with E-state index in [0.717, 1.165) is 0 Å². The van der Waals surface area contributed by atoms with Gasteiger partial charge in [0.25, 0.3) is 0 Å². The third-order valence-corrected chi connectivity index (χ3v) is 2.15. The molecule has 0 N–H and O–H groups in total. The standard InChI is InChI=1S/C10H12ClNO/c1-7(5-6-12)10(11)8(2)9(3)13-4/h1,3,5H2,2,4H3/b10-8+. The van der Waals surface area contributed by atoms with Crippen molar-refractivity contribution in [2.75, 3.05) is 7.11 Å². The molecule has 2 nitrogen and oxygen atoms in total. The van der Waals surface area contributed by atoms with Crippen LogP contribution in [0.3, 0.4) is 0 Å². The van der Waals surface area contributed by atoms with Crippen molar-refractivity contribution in [2.45, 2.75) is 13.3 Å². The molecular weight excluding hydrogens is 186 g/mol. The maximum absolute atomic E-state index is 8.42. The van der Waals surface area contributed by atoms with E-state index in [9.17, 15) is 0 Å². The molecule has 0 rings (SSSR count). The van der Waals surface area contributed by atoms with Crippen LogP contribution in [0.5, 0.6) is 0 Å². The van der Waals surface area contributed by atoms with Crippen LogP contribution >= 0.6 is 11.6 Å². The van der Waals surface area contributed by atoms with Crippen molar-refractivity contribution in [3.8, 4) is 6.07 Å². The Labute approximate surface area is 83.8 Å². The molecule has 3 heteroatoms. The summed E-state index contributed by atoms with van der Waals surface area (Å²) in [5.41, 5.74) is 1.30. The van der Waals surface area contributed by atoms with Gasteiger partial charge in [0, 0.05) is 5.57 Å². The van der Waals surface area contributed by atoms with Crippen LogP contribution in [0, 0.1) is 11.3 Å². The molecule has 0 saturated heterocycles. The number of nitrogens with zero attached hydrogens (tertiary/aromatic N) is 1. The summed E-state index contributed by atoms with van der Waals surface area (Å²) < 4.78 is 4.90. The summed E-state index contributed by atoms with van der Waals surface area (Å²) in [4.78, 5) is 0. The molecule has 0 aliphatic rings. The highest BCUT2D eigenvalue weighted by Gasteiger charge is 2.06. The number of halogens is 1. The molecule has 0 spiro atoms. The second kappa shape index (κ2) is 5.45. The fourth-order valence-electron chi connectivity index (χ4n) is 0.714. The van der Waals surface area contributed by atoms with Crippen molar-refractivity contribution in [2.24, 2.45) is 0 Å². The second-order valence-corrected chi connectivity index (χ2v) is 2.88. The van der Waals surface area contributed by atoms with E-state index in [1.807, 2.05) is 6.07 Å². The van der Waals surface area contributed by atoms with E-state index >= 15 is 0 Å². The monoisotopic (exact) mass is 197 g/mol. The van der Waals surface area contributed by atoms with Crippen LogP contribution in [0.25, 0.3) is 0 Å². The van der Waals surface area contributed by atoms with Gasteiger partial charge in [0.1, 0.15) is 5.76 Å². The van der Waals surface area contributed by atoms with Crippen LogP contribution in [-0.4, -0.2) is 7.11 Å². The third kappa shape index (κ3) is 3.35. The first-order valence-corrected chi connectivity index (χ1v) is 4.07. The van der Waals surface area contributed by atoms with Gasteiger partial charge in [-0.2, -0.15) is 5.26 Å². The van der Waals surface area contributed by atoms with E-state index in [1.54, 1.807) is 6.92 Å². The lowest BCUT2D eigenvalue weighted by Gasteiger charge is -2.07. The quantitative estimate of drug-likeness (QED) is 0.513. The minimum atomic E-state index is 0.215. The summed E-state index contributed by atoms with van der Waals surface area (Å²) in [7, 11) is 1.52. The number of hydrogen-bond acceptors (Lipinski definition) is 2. The molecule has 0 amide bonds. The lowest BCUT2D eigenvalue weighted by Crippen LogP contribution is -1.91. The molecule has 0 bridgehead atoms. The predicted molar refractivity (Wildman–Crippen MR) is 54.1 cm³/mol. The summed E-state index contributed by atoms with van der Waals surface area (Å²) in [6.45, 7) is 9.10. The first-order valence-electron chi connectivity index (χ1n) is 3.69. The molecule has 0 fully saturated rings. The summed E-state index contributed by atoms with van der Waals surface area (Å²) in [5, 5.41) is 8.87. The number of rotatable bonds is 4. The summed E-state index contributed by atoms with van der Waals surface area (Å²) >= 11 is 5.92. The van der Waals surface area contributed by atoms with E-state index in [2.05, 4.69) is 13.2 Å². The topological polar surface area (TPSA) is 33.0 Å². The van der Waals surface area contributed by atoms with Crippen molar-refractivity contribution in [1.29, 1.82) is 5.26 Å². The van der Waals surface area contributed by atoms with Crippen LogP contribution in [0.1, 0.15) is 13.3 Å². The molecule has 0 unspecified atom stereocenters. The average molecular weight is 198 g/mol. The molecule has 0 aromatic heterocycles. The molecule has 13 heavy (non-hydrogen) atoms. The Morgan fingerprint density at radius 3 is 2.46 bits per heavy atom. The molecule has 0 radical (unpaired) electrons. The summed E-state index contributed by atoms with van der Waals surface area (Å²) in [6, 6.07) is 1.97. The Hall–Kier alpha value is -1.20. The van der Waals surface area contributed by atoms with Crippen LogP contribution in [0.2, 0.25) is 0 Å². The molecule has 0 atom stereocenters. The Morgan fingerprint density at radius 2 is 2.08 bits per heavy atom. The van der Waals surface area contributed by atoms with Crippen LogP contribution < -0.4 is 0 Å². The molecular formula is C10H12ClNO. The molecule has 0 aromatic rings. The lowest BCUT2D eigenvalue weighted by atomic mass is 10.1. The maximum Gasteiger partial charge on any atom is 0.116 e. The van der Waals surface area contributed by atoms with Gasteiger partial charge in [-0.05, 0) is 12.5 Å². The lowest BCUT2D eigenvalue weighted by molar-refractivity contribution is 0.302. The highest BCUT2D eigenvalue weighted by molar-refractivity contribution is 6.32. The van der Waals surface area contributed by atoms with Crippen molar-refractivity contribution >= 4 is 11.6 Å². The van der Waals surface area contributed by atoms with Crippen molar-refractivity contribution in [3.05, 3.63) is 35.1 Å². The fourth-order valence-corrected chi connectivity index (χ4v) is 0.886. The minimum Gasteiger partial charge on any atom is -0.497 e. The van der Waals surface area contributed by atoms with Crippen molar-refractivity contribution in [1.82, 2.24) is 0 Å². The Kier molecular flexibility index (Phi) is 4.94. The van der Waals surface area contributed by atoms with E-state index in [4.69, 9.17) is 21.6 Å². The Bertz CT molecular complexity index is 297. The van der Waals surface area contributed by atoms with E-state index in [0.29, 0.717) is 21.9 Å². The minimum absolute atomic E-state index is 0.215. The molecule has 70 valence electrons. The van der Waals surface area contributed by atoms with Gasteiger partial charge in [0.05, 0.1) is 24.6 Å². The van der Waals surface area contributed by atoms with Crippen LogP contribution in [0.4, 0.5) is 0 Å². The van der Waals surface area contributed by atoms with E-state index in [1.165, 1.54) is 7.11 Å². The molecule has 0 aliphatic heterocycles. The number of ether oxygens (including phenoxy) is 1. The Morgan fingerprint density at radius 1 is 1.54 bits per heavy atom. The number of allylic oxidation sites excluding steroid dienone is 3. The van der Waals surface area contributed by atoms with Gasteiger partial charge in [-0.1, -0.05) is 24.8 Å². The molecule has 0 aromatic carbocycles. The van der Waals surface area contributed by atoms with Gasteiger partial charge in [-0.3, -0.25) is 0 Å². The highest BCUT2D eigenvalue weighted by Crippen LogP contribution is 2.24. The van der Waals surface area contributed by atoms with Crippen LogP contribution in [0.15, 0.2) is 35.1 Å². The first kappa shape index (κ1) is 11.8. The average Bonchev–Trinajstić information content (AvgIpc) is 2.14. The SMILES string of the molecule is C=C(OC)/C(C)=C(/Cl)C(=C)CC#N. The molecule has 0 heterocycles. The first-order chi connectivity index (χ1) is 6.04. The number of nitriles is 1. The van der Waals surface area contributed by atoms with Crippen LogP contribution in [-0.2, 0) is 4.74 Å². The van der Waals surface area contributed by atoms with Gasteiger partial charge in [0.15, 0.2) is 0 Å². The third-order valence-electron chi connectivity index (χ3n) is 1.60. The second-order valence-electron chi connectivity index (χ2n) is 2.50. The van der Waals surface area contributed by atoms with E-state index < -0.39 is 0 Å².